The molecule has 1 unspecified atom stereocenters. The first-order chi connectivity index (χ1) is 24.1. The number of hydrogen-bond donors (Lipinski definition) is 1. The summed E-state index contributed by atoms with van der Waals surface area (Å²) in [4.78, 5) is 45.9. The number of likely N-dealkylation sites (N-methyl/N-ethyl adjacent to an activating group) is 1. The van der Waals surface area contributed by atoms with Crippen molar-refractivity contribution in [2.45, 2.75) is 112 Å². The molecule has 1 aromatic carbocycles. The molecule has 1 aliphatic carbocycles. The van der Waals surface area contributed by atoms with Crippen molar-refractivity contribution in [2.75, 3.05) is 26.7 Å². The van der Waals surface area contributed by atoms with E-state index >= 15 is 0 Å². The lowest BCUT2D eigenvalue weighted by molar-refractivity contribution is -0.115. The number of carbonyl (C=O) groups excluding carboxylic acids is 3. The highest BCUT2D eigenvalue weighted by atomic mass is 28.4. The van der Waals surface area contributed by atoms with E-state index in [9.17, 15) is 14.4 Å². The first-order valence-electron chi connectivity index (χ1n) is 18.0. The topological polar surface area (TPSA) is 125 Å². The quantitative estimate of drug-likeness (QED) is 0.185. The molecule has 1 aliphatic rings. The second kappa shape index (κ2) is 15.8. The molecule has 0 spiro atoms. The Kier molecular flexibility index (Phi) is 12.3. The number of pyridine rings is 1. The Hall–Kier alpha value is -4.29. The summed E-state index contributed by atoms with van der Waals surface area (Å²) in [6.45, 7) is 24.9. The third kappa shape index (κ3) is 9.97. The van der Waals surface area contributed by atoms with Gasteiger partial charge in [0.2, 0.25) is 0 Å². The molecule has 1 N–H and O–H groups in total. The number of nitrogens with one attached hydrogen (secondary N) is 1. The molecule has 12 heteroatoms. The standard InChI is InChI=1S/C40H57N5O6Si/c1-25(2)45-36-33(22-42-45)31(37(47)41-21-32-27(4)17-26(3)18-35(32)46)20-34(43-36)28-15-14-16-29(19-28)49-24-30(51-52(12,13)40(8,9)10)23-44(11)38(48)50-39(5,6)7/h14-17,19-20,22,25,30H,18,21,23-24H2,1-13H3,(H,41,47). The second-order valence-corrected chi connectivity index (χ2v) is 21.4. The zero-order chi connectivity index (χ0) is 38.8. The summed E-state index contributed by atoms with van der Waals surface area (Å²) in [7, 11) is -0.532. The van der Waals surface area contributed by atoms with Crippen LogP contribution < -0.4 is 10.1 Å². The Balaban J connectivity index is 1.63. The Morgan fingerprint density at radius 2 is 1.77 bits per heavy atom. The number of Topliss-reactive ketones (excluding diaryl/α,β-unsaturated/α-hetero) is 1. The van der Waals surface area contributed by atoms with Crippen molar-refractivity contribution in [3.8, 4) is 17.0 Å². The lowest BCUT2D eigenvalue weighted by Gasteiger charge is -2.40. The lowest BCUT2D eigenvalue weighted by atomic mass is 9.92. The number of amides is 2. The normalized spacial score (nSPS) is 14.8. The highest BCUT2D eigenvalue weighted by Crippen LogP contribution is 2.37. The van der Waals surface area contributed by atoms with E-state index in [0.717, 1.165) is 16.7 Å². The number of nitrogens with zero attached hydrogens (tertiary/aromatic N) is 4. The predicted molar refractivity (Wildman–Crippen MR) is 208 cm³/mol. The molecule has 0 fully saturated rings. The maximum atomic E-state index is 13.8. The number of carbonyl (C=O) groups is 3. The summed E-state index contributed by atoms with van der Waals surface area (Å²) in [5, 5.41) is 8.10. The minimum absolute atomic E-state index is 0.00478. The maximum Gasteiger partial charge on any atom is 0.410 e. The van der Waals surface area contributed by atoms with E-state index in [-0.39, 0.29) is 42.5 Å². The number of rotatable bonds is 12. The number of aromatic nitrogens is 3. The van der Waals surface area contributed by atoms with Gasteiger partial charge in [0, 0.05) is 37.2 Å². The van der Waals surface area contributed by atoms with Crippen molar-refractivity contribution in [3.05, 3.63) is 64.9 Å². The Morgan fingerprint density at radius 1 is 1.08 bits per heavy atom. The summed E-state index contributed by atoms with van der Waals surface area (Å²) < 4.78 is 20.5. The number of benzene rings is 1. The van der Waals surface area contributed by atoms with Gasteiger partial charge in [-0.2, -0.15) is 5.10 Å². The van der Waals surface area contributed by atoms with E-state index < -0.39 is 26.1 Å². The average molecular weight is 732 g/mol. The van der Waals surface area contributed by atoms with Crippen LogP contribution in [0.5, 0.6) is 5.75 Å². The van der Waals surface area contributed by atoms with Gasteiger partial charge >= 0.3 is 6.09 Å². The van der Waals surface area contributed by atoms with E-state index in [1.165, 1.54) is 4.90 Å². The molecule has 0 bridgehead atoms. The minimum Gasteiger partial charge on any atom is -0.491 e. The number of fused-ring (bicyclic) bond motifs is 1. The van der Waals surface area contributed by atoms with Gasteiger partial charge in [-0.15, -0.1) is 0 Å². The van der Waals surface area contributed by atoms with E-state index in [1.807, 2.05) is 78.8 Å². The van der Waals surface area contributed by atoms with Crippen LogP contribution in [0.2, 0.25) is 18.1 Å². The van der Waals surface area contributed by atoms with Crippen LogP contribution in [0.4, 0.5) is 4.79 Å². The van der Waals surface area contributed by atoms with Gasteiger partial charge in [-0.1, -0.05) is 44.6 Å². The van der Waals surface area contributed by atoms with Crippen LogP contribution in [0.3, 0.4) is 0 Å². The molecule has 2 amide bonds. The van der Waals surface area contributed by atoms with E-state index in [0.29, 0.717) is 40.0 Å². The summed E-state index contributed by atoms with van der Waals surface area (Å²) >= 11 is 0. The Morgan fingerprint density at radius 3 is 2.38 bits per heavy atom. The van der Waals surface area contributed by atoms with Crippen molar-refractivity contribution in [3.63, 3.8) is 0 Å². The monoisotopic (exact) mass is 731 g/mol. The number of ether oxygens (including phenoxy) is 2. The van der Waals surface area contributed by atoms with Crippen LogP contribution in [0.1, 0.15) is 92.1 Å². The third-order valence-corrected chi connectivity index (χ3v) is 14.0. The van der Waals surface area contributed by atoms with Crippen LogP contribution in [-0.2, 0) is 14.0 Å². The SMILES string of the molecule is CC1=CC(C)=C(CNC(=O)c2cc(-c3cccc(OCC(CN(C)C(=O)OC(C)(C)C)O[Si](C)(C)C(C)(C)C)c3)nc3c2cnn3C(C)C)C(=O)C1. The van der Waals surface area contributed by atoms with E-state index in [1.54, 1.807) is 24.0 Å². The highest BCUT2D eigenvalue weighted by molar-refractivity contribution is 6.74. The van der Waals surface area contributed by atoms with Crippen molar-refractivity contribution in [1.29, 1.82) is 0 Å². The first kappa shape index (κ1) is 40.5. The van der Waals surface area contributed by atoms with Gasteiger partial charge in [0.05, 0.1) is 35.5 Å². The third-order valence-electron chi connectivity index (χ3n) is 9.46. The van der Waals surface area contributed by atoms with Crippen molar-refractivity contribution in [1.82, 2.24) is 25.0 Å². The molecule has 0 aliphatic heterocycles. The van der Waals surface area contributed by atoms with Gasteiger partial charge in [0.15, 0.2) is 19.7 Å². The molecule has 2 aromatic heterocycles. The number of hydrogen-bond acceptors (Lipinski definition) is 8. The maximum absolute atomic E-state index is 13.8. The summed E-state index contributed by atoms with van der Waals surface area (Å²) in [6.07, 6.45) is 3.18. The molecule has 282 valence electrons. The van der Waals surface area contributed by atoms with Gasteiger partial charge in [-0.25, -0.2) is 14.5 Å². The van der Waals surface area contributed by atoms with E-state index in [4.69, 9.17) is 18.9 Å². The zero-order valence-corrected chi connectivity index (χ0v) is 34.3. The van der Waals surface area contributed by atoms with Crippen LogP contribution in [0, 0.1) is 0 Å². The van der Waals surface area contributed by atoms with Crippen LogP contribution in [-0.4, -0.2) is 84.2 Å². The molecule has 4 rings (SSSR count). The zero-order valence-electron chi connectivity index (χ0n) is 33.3. The number of allylic oxidation sites excluding steroid dienone is 3. The average Bonchev–Trinajstić information content (AvgIpc) is 3.46. The van der Waals surface area contributed by atoms with Crippen molar-refractivity contribution in [2.24, 2.45) is 0 Å². The molecule has 11 nitrogen and oxygen atoms in total. The minimum atomic E-state index is -2.24. The molecular formula is C40H57N5O6Si. The molecule has 1 atom stereocenters. The van der Waals surface area contributed by atoms with Gasteiger partial charge in [0.25, 0.3) is 5.91 Å². The molecule has 2 heterocycles. The van der Waals surface area contributed by atoms with Crippen LogP contribution in [0.15, 0.2) is 59.3 Å². The summed E-state index contributed by atoms with van der Waals surface area (Å²) in [5.41, 5.74) is 4.19. The predicted octanol–water partition coefficient (Wildman–Crippen LogP) is 8.28. The van der Waals surface area contributed by atoms with Gasteiger partial charge < -0.3 is 24.1 Å². The van der Waals surface area contributed by atoms with Gasteiger partial charge in [-0.05, 0) is 90.4 Å². The largest absolute Gasteiger partial charge is 0.491 e. The van der Waals surface area contributed by atoms with Crippen LogP contribution >= 0.6 is 0 Å². The molecule has 0 saturated heterocycles. The van der Waals surface area contributed by atoms with Crippen molar-refractivity contribution < 1.29 is 28.3 Å². The Bertz CT molecular complexity index is 1880. The molecular weight excluding hydrogens is 675 g/mol. The van der Waals surface area contributed by atoms with Crippen LogP contribution in [0.25, 0.3) is 22.3 Å². The summed E-state index contributed by atoms with van der Waals surface area (Å²) in [6, 6.07) is 9.31. The molecule has 0 saturated carbocycles. The lowest BCUT2D eigenvalue weighted by Crippen LogP contribution is -2.49. The fourth-order valence-corrected chi connectivity index (χ4v) is 7.02. The van der Waals surface area contributed by atoms with Gasteiger partial charge in [0.1, 0.15) is 18.0 Å². The summed E-state index contributed by atoms with van der Waals surface area (Å²) in [5.74, 6) is 0.299. The molecule has 0 radical (unpaired) electrons. The first-order valence-corrected chi connectivity index (χ1v) is 20.9. The van der Waals surface area contributed by atoms with Gasteiger partial charge in [-0.3, -0.25) is 9.59 Å². The molecule has 52 heavy (non-hydrogen) atoms. The smallest absolute Gasteiger partial charge is 0.410 e. The second-order valence-electron chi connectivity index (χ2n) is 16.6. The van der Waals surface area contributed by atoms with E-state index in [2.05, 4.69) is 44.3 Å². The fraction of sp³-hybridized carbons (Fsp3) is 0.525. The highest BCUT2D eigenvalue weighted by Gasteiger charge is 2.40. The molecule has 3 aromatic rings. The fourth-order valence-electron chi connectivity index (χ4n) is 5.69. The van der Waals surface area contributed by atoms with Crippen molar-refractivity contribution >= 4 is 37.1 Å². The Labute approximate surface area is 309 Å². The number of ketones is 1.